The lowest BCUT2D eigenvalue weighted by atomic mass is 9.99. The highest BCUT2D eigenvalue weighted by atomic mass is 28.4. The van der Waals surface area contributed by atoms with Crippen LogP contribution in [-0.4, -0.2) is 71.3 Å². The Labute approximate surface area is 167 Å². The zero-order chi connectivity index (χ0) is 21.0. The van der Waals surface area contributed by atoms with Gasteiger partial charge in [-0.05, 0) is 36.3 Å². The fourth-order valence-electron chi connectivity index (χ4n) is 3.18. The summed E-state index contributed by atoms with van der Waals surface area (Å²) >= 11 is 0. The number of hydrogen-bond donors (Lipinski definition) is 2. The maximum atomic E-state index is 10.8. The van der Waals surface area contributed by atoms with Crippen LogP contribution in [0.15, 0.2) is 0 Å². The Morgan fingerprint density at radius 3 is 1.89 bits per heavy atom. The fraction of sp³-hybridized carbons (Fsp3) is 1.00. The smallest absolute Gasteiger partial charge is 0.192 e. The van der Waals surface area contributed by atoms with Gasteiger partial charge in [-0.3, -0.25) is 0 Å². The van der Waals surface area contributed by atoms with E-state index in [0.717, 1.165) is 18.1 Å². The summed E-state index contributed by atoms with van der Waals surface area (Å²) in [6.07, 6.45) is -4.16. The molecule has 5 atom stereocenters. The maximum Gasteiger partial charge on any atom is 0.192 e. The Balaban J connectivity index is 3.06. The van der Waals surface area contributed by atoms with Crippen molar-refractivity contribution in [3.8, 4) is 0 Å². The van der Waals surface area contributed by atoms with E-state index in [-0.39, 0.29) is 5.04 Å². The van der Waals surface area contributed by atoms with Crippen LogP contribution in [0.25, 0.3) is 0 Å². The van der Waals surface area contributed by atoms with E-state index in [9.17, 15) is 10.2 Å². The van der Waals surface area contributed by atoms with Crippen LogP contribution >= 0.6 is 0 Å². The van der Waals surface area contributed by atoms with E-state index in [2.05, 4.69) is 54.6 Å². The molecule has 1 heterocycles. The maximum absolute atomic E-state index is 10.8. The molecule has 1 aliphatic heterocycles. The van der Waals surface area contributed by atoms with Crippen LogP contribution in [0.5, 0.6) is 0 Å². The van der Waals surface area contributed by atoms with Crippen molar-refractivity contribution in [3.05, 3.63) is 0 Å². The lowest BCUT2D eigenvalue weighted by molar-refractivity contribution is -0.290. The van der Waals surface area contributed by atoms with Crippen molar-refractivity contribution in [2.45, 2.75) is 109 Å². The first-order valence-corrected chi connectivity index (χ1v) is 15.7. The van der Waals surface area contributed by atoms with Crippen LogP contribution in [0.2, 0.25) is 36.3 Å². The Hall–Kier alpha value is 0.194. The highest BCUT2D eigenvalue weighted by molar-refractivity contribution is 6.74. The van der Waals surface area contributed by atoms with E-state index in [1.807, 2.05) is 0 Å². The van der Waals surface area contributed by atoms with Gasteiger partial charge in [0.1, 0.15) is 24.4 Å². The summed E-state index contributed by atoms with van der Waals surface area (Å²) in [6, 6.07) is 2.88. The molecule has 2 N–H and O–H groups in total. The molecule has 27 heavy (non-hydrogen) atoms. The molecule has 0 bridgehead atoms. The molecular formula is C19H42O6Si2. The predicted molar refractivity (Wildman–Crippen MR) is 113 cm³/mol. The van der Waals surface area contributed by atoms with Crippen LogP contribution in [-0.2, 0) is 18.3 Å². The van der Waals surface area contributed by atoms with Gasteiger partial charge in [-0.1, -0.05) is 41.5 Å². The van der Waals surface area contributed by atoms with Crippen LogP contribution in [0.1, 0.15) is 41.5 Å². The molecule has 0 saturated carbocycles. The highest BCUT2D eigenvalue weighted by Crippen LogP contribution is 2.38. The molecule has 0 radical (unpaired) electrons. The van der Waals surface area contributed by atoms with Crippen molar-refractivity contribution < 1.29 is 28.5 Å². The second kappa shape index (κ2) is 9.80. The van der Waals surface area contributed by atoms with Crippen molar-refractivity contribution in [3.63, 3.8) is 0 Å². The largest absolute Gasteiger partial charge is 0.414 e. The van der Waals surface area contributed by atoms with Gasteiger partial charge in [-0.2, -0.15) is 0 Å². The van der Waals surface area contributed by atoms with Crippen molar-refractivity contribution in [1.29, 1.82) is 0 Å². The zero-order valence-corrected chi connectivity index (χ0v) is 20.7. The van der Waals surface area contributed by atoms with E-state index in [4.69, 9.17) is 18.3 Å². The summed E-state index contributed by atoms with van der Waals surface area (Å²) in [7, 11) is -2.51. The van der Waals surface area contributed by atoms with E-state index in [1.165, 1.54) is 7.11 Å². The molecule has 0 unspecified atom stereocenters. The van der Waals surface area contributed by atoms with Gasteiger partial charge in [0.15, 0.2) is 22.9 Å². The van der Waals surface area contributed by atoms with Crippen LogP contribution in [0, 0.1) is 0 Å². The summed E-state index contributed by atoms with van der Waals surface area (Å²) in [6.45, 7) is 17.7. The number of aliphatic hydroxyl groups excluding tert-OH is 2. The van der Waals surface area contributed by atoms with Gasteiger partial charge in [-0.25, -0.2) is 0 Å². The molecule has 0 aromatic rings. The van der Waals surface area contributed by atoms with Gasteiger partial charge in [0.25, 0.3) is 0 Å². The summed E-state index contributed by atoms with van der Waals surface area (Å²) in [5.41, 5.74) is 0. The Bertz CT molecular complexity index is 442. The quantitative estimate of drug-likeness (QED) is 0.554. The number of methoxy groups -OCH3 is 1. The molecule has 0 aromatic carbocycles. The van der Waals surface area contributed by atoms with Gasteiger partial charge in [0.2, 0.25) is 0 Å². The molecule has 162 valence electrons. The molecule has 1 fully saturated rings. The monoisotopic (exact) mass is 422 g/mol. The number of ether oxygens (including phenoxy) is 2. The predicted octanol–water partition coefficient (Wildman–Crippen LogP) is 3.49. The third-order valence-electron chi connectivity index (χ3n) is 6.61. The second-order valence-electron chi connectivity index (χ2n) is 9.16. The van der Waals surface area contributed by atoms with Gasteiger partial charge < -0.3 is 28.5 Å². The normalized spacial score (nSPS) is 30.6. The average Bonchev–Trinajstić information content (AvgIpc) is 2.61. The molecule has 1 aliphatic rings. The summed E-state index contributed by atoms with van der Waals surface area (Å²) in [5, 5.41) is 21.3. The van der Waals surface area contributed by atoms with Crippen LogP contribution in [0.3, 0.4) is 0 Å². The minimum Gasteiger partial charge on any atom is -0.414 e. The summed E-state index contributed by atoms with van der Waals surface area (Å²) in [4.78, 5) is 0. The molecule has 0 aromatic heterocycles. The van der Waals surface area contributed by atoms with Crippen molar-refractivity contribution >= 4 is 16.6 Å². The Kier molecular flexibility index (Phi) is 9.16. The third-order valence-corrected chi connectivity index (χ3v) is 15.7. The van der Waals surface area contributed by atoms with Gasteiger partial charge >= 0.3 is 0 Å². The first-order chi connectivity index (χ1) is 12.4. The molecule has 0 amide bonds. The van der Waals surface area contributed by atoms with Crippen molar-refractivity contribution in [2.75, 3.05) is 13.7 Å². The lowest BCUT2D eigenvalue weighted by Gasteiger charge is -2.47. The van der Waals surface area contributed by atoms with Crippen LogP contribution in [0.4, 0.5) is 0 Å². The van der Waals surface area contributed by atoms with E-state index in [1.54, 1.807) is 0 Å². The number of aliphatic hydroxyl groups is 2. The molecule has 1 rings (SSSR count). The minimum atomic E-state index is -2.00. The van der Waals surface area contributed by atoms with Crippen molar-refractivity contribution in [1.82, 2.24) is 0 Å². The molecular weight excluding hydrogens is 380 g/mol. The molecule has 6 nitrogen and oxygen atoms in total. The highest BCUT2D eigenvalue weighted by Gasteiger charge is 2.49. The SMILES string of the molecule is CC[Si](CC)(CC)O[C@@H]1[C@H](O)[C@@H](O)[C@@H](OC)O[C@@H]1CO[Si](C)(C)C(C)(C)C. The van der Waals surface area contributed by atoms with E-state index < -0.39 is 47.3 Å². The first kappa shape index (κ1) is 25.2. The molecule has 1 saturated heterocycles. The van der Waals surface area contributed by atoms with Gasteiger partial charge in [0, 0.05) is 7.11 Å². The van der Waals surface area contributed by atoms with Gasteiger partial charge in [0.05, 0.1) is 6.61 Å². The number of hydrogen-bond acceptors (Lipinski definition) is 6. The zero-order valence-electron chi connectivity index (χ0n) is 18.7. The summed E-state index contributed by atoms with van der Waals surface area (Å²) in [5.74, 6) is 0. The van der Waals surface area contributed by atoms with Crippen LogP contribution < -0.4 is 0 Å². The number of rotatable bonds is 9. The van der Waals surface area contributed by atoms with Crippen molar-refractivity contribution in [2.24, 2.45) is 0 Å². The Morgan fingerprint density at radius 2 is 1.48 bits per heavy atom. The molecule has 0 aliphatic carbocycles. The van der Waals surface area contributed by atoms with E-state index >= 15 is 0 Å². The lowest BCUT2D eigenvalue weighted by Crippen LogP contribution is -2.63. The Morgan fingerprint density at radius 1 is 0.963 bits per heavy atom. The standard InChI is InChI=1S/C19H42O6Si2/c1-10-27(11-2,12-3)25-17-14(13-23-26(8,9)19(4,5)6)24-18(22-7)16(21)15(17)20/h14-18,20-21H,10-13H2,1-9H3/t14-,15-,16-,17+,18+/m1/s1. The molecule has 8 heteroatoms. The fourth-order valence-corrected chi connectivity index (χ4v) is 7.06. The second-order valence-corrected chi connectivity index (χ2v) is 18.7. The third kappa shape index (κ3) is 5.85. The topological polar surface area (TPSA) is 77.4 Å². The van der Waals surface area contributed by atoms with Gasteiger partial charge in [-0.15, -0.1) is 0 Å². The average molecular weight is 423 g/mol. The van der Waals surface area contributed by atoms with E-state index in [0.29, 0.717) is 6.61 Å². The summed E-state index contributed by atoms with van der Waals surface area (Å²) < 4.78 is 24.1. The first-order valence-electron chi connectivity index (χ1n) is 10.2. The minimum absolute atomic E-state index is 0.0750. The molecule has 0 spiro atoms.